The van der Waals surface area contributed by atoms with Crippen LogP contribution in [0.1, 0.15) is 25.7 Å². The van der Waals surface area contributed by atoms with Gasteiger partial charge in [0.1, 0.15) is 11.8 Å². The number of nitrogens with zero attached hydrogens (tertiary/aromatic N) is 3. The van der Waals surface area contributed by atoms with Crippen molar-refractivity contribution in [2.24, 2.45) is 5.73 Å². The normalized spacial score (nSPS) is 25.0. The van der Waals surface area contributed by atoms with Crippen LogP contribution >= 0.6 is 0 Å². The summed E-state index contributed by atoms with van der Waals surface area (Å²) in [5, 5.41) is 3.45. The van der Waals surface area contributed by atoms with Crippen molar-refractivity contribution in [3.05, 3.63) is 12.7 Å². The molecule has 1 aliphatic rings. The van der Waals surface area contributed by atoms with Crippen molar-refractivity contribution in [3.8, 4) is 0 Å². The van der Waals surface area contributed by atoms with Crippen LogP contribution in [0.4, 0.5) is 5.82 Å². The number of nitrogens with two attached hydrogens (primary N) is 1. The Balaban J connectivity index is 1.78. The van der Waals surface area contributed by atoms with Gasteiger partial charge in [-0.1, -0.05) is 0 Å². The van der Waals surface area contributed by atoms with Crippen molar-refractivity contribution in [2.75, 3.05) is 5.32 Å². The van der Waals surface area contributed by atoms with E-state index in [1.54, 1.807) is 12.7 Å². The third-order valence-electron chi connectivity index (χ3n) is 3.34. The fourth-order valence-corrected chi connectivity index (χ4v) is 2.33. The molecule has 2 aromatic rings. The van der Waals surface area contributed by atoms with Crippen molar-refractivity contribution >= 4 is 17.0 Å². The molecule has 4 N–H and O–H groups in total. The Bertz CT molecular complexity index is 499. The van der Waals surface area contributed by atoms with Crippen LogP contribution in [0, 0.1) is 0 Å². The molecule has 3 rings (SSSR count). The average Bonchev–Trinajstić information content (AvgIpc) is 2.81. The predicted molar refractivity (Wildman–Crippen MR) is 65.5 cm³/mol. The van der Waals surface area contributed by atoms with Gasteiger partial charge in [-0.25, -0.2) is 15.0 Å². The quantitative estimate of drug-likeness (QED) is 0.719. The van der Waals surface area contributed by atoms with E-state index in [-0.39, 0.29) is 0 Å². The molecule has 1 fully saturated rings. The SMILES string of the molecule is NC1CCC(Nc2ncnc3nc[nH]c23)CC1. The number of H-pyrrole nitrogens is 1. The highest BCUT2D eigenvalue weighted by atomic mass is 15.1. The van der Waals surface area contributed by atoms with E-state index in [4.69, 9.17) is 5.73 Å². The van der Waals surface area contributed by atoms with Crippen LogP contribution < -0.4 is 11.1 Å². The Morgan fingerprint density at radius 2 is 2.00 bits per heavy atom. The number of aromatic amines is 1. The number of fused-ring (bicyclic) bond motifs is 1. The van der Waals surface area contributed by atoms with Crippen molar-refractivity contribution < 1.29 is 0 Å². The molecule has 2 heterocycles. The highest BCUT2D eigenvalue weighted by Gasteiger charge is 2.19. The molecule has 0 saturated heterocycles. The second-order valence-electron chi connectivity index (χ2n) is 4.58. The third-order valence-corrected chi connectivity index (χ3v) is 3.34. The van der Waals surface area contributed by atoms with Crippen LogP contribution in [0.25, 0.3) is 11.2 Å². The van der Waals surface area contributed by atoms with Crippen molar-refractivity contribution in [3.63, 3.8) is 0 Å². The molecule has 6 heteroatoms. The predicted octanol–water partition coefficient (Wildman–Crippen LogP) is 1.03. The van der Waals surface area contributed by atoms with Crippen molar-refractivity contribution in [1.82, 2.24) is 19.9 Å². The summed E-state index contributed by atoms with van der Waals surface area (Å²) in [6, 6.07) is 0.821. The largest absolute Gasteiger partial charge is 0.365 e. The van der Waals surface area contributed by atoms with Gasteiger partial charge in [0.2, 0.25) is 0 Å². The summed E-state index contributed by atoms with van der Waals surface area (Å²) in [5.74, 6) is 0.841. The van der Waals surface area contributed by atoms with Crippen molar-refractivity contribution in [2.45, 2.75) is 37.8 Å². The number of aromatic nitrogens is 4. The van der Waals surface area contributed by atoms with Gasteiger partial charge in [-0.15, -0.1) is 0 Å². The summed E-state index contributed by atoms with van der Waals surface area (Å²) in [4.78, 5) is 15.5. The van der Waals surface area contributed by atoms with Crippen LogP contribution in [0.5, 0.6) is 0 Å². The minimum atomic E-state index is 0.366. The van der Waals surface area contributed by atoms with Gasteiger partial charge in [-0.05, 0) is 25.7 Å². The standard InChI is InChI=1S/C11H16N6/c12-7-1-3-8(4-2-7)17-11-9-10(14-5-13-9)15-6-16-11/h5-8H,1-4,12H2,(H2,13,14,15,16,17). The van der Waals surface area contributed by atoms with E-state index in [2.05, 4.69) is 25.3 Å². The first-order chi connectivity index (χ1) is 8.33. The maximum Gasteiger partial charge on any atom is 0.182 e. The highest BCUT2D eigenvalue weighted by molar-refractivity contribution is 5.82. The summed E-state index contributed by atoms with van der Waals surface area (Å²) in [6.45, 7) is 0. The zero-order valence-corrected chi connectivity index (χ0v) is 9.56. The molecule has 2 aromatic heterocycles. The molecule has 0 aromatic carbocycles. The van der Waals surface area contributed by atoms with Crippen LogP contribution in [0.3, 0.4) is 0 Å². The Kier molecular flexibility index (Phi) is 2.64. The highest BCUT2D eigenvalue weighted by Crippen LogP contribution is 2.22. The van der Waals surface area contributed by atoms with E-state index in [1.165, 1.54) is 0 Å². The molecule has 0 atom stereocenters. The summed E-state index contributed by atoms with van der Waals surface area (Å²) in [7, 11) is 0. The van der Waals surface area contributed by atoms with E-state index in [1.807, 2.05) is 0 Å². The average molecular weight is 232 g/mol. The van der Waals surface area contributed by atoms with Gasteiger partial charge in [0.05, 0.1) is 6.33 Å². The van der Waals surface area contributed by atoms with E-state index in [0.717, 1.165) is 37.0 Å². The fourth-order valence-electron chi connectivity index (χ4n) is 2.33. The maximum atomic E-state index is 5.89. The molecule has 0 bridgehead atoms. The van der Waals surface area contributed by atoms with Gasteiger partial charge < -0.3 is 16.0 Å². The zero-order valence-electron chi connectivity index (χ0n) is 9.56. The van der Waals surface area contributed by atoms with E-state index in [9.17, 15) is 0 Å². The molecule has 6 nitrogen and oxygen atoms in total. The summed E-state index contributed by atoms with van der Waals surface area (Å²) >= 11 is 0. The monoisotopic (exact) mass is 232 g/mol. The second kappa shape index (κ2) is 4.29. The minimum absolute atomic E-state index is 0.366. The van der Waals surface area contributed by atoms with E-state index < -0.39 is 0 Å². The molecular weight excluding hydrogens is 216 g/mol. The molecular formula is C11H16N6. The van der Waals surface area contributed by atoms with E-state index >= 15 is 0 Å². The lowest BCUT2D eigenvalue weighted by Crippen LogP contribution is -2.33. The van der Waals surface area contributed by atoms with Gasteiger partial charge in [0.15, 0.2) is 11.5 Å². The molecule has 1 saturated carbocycles. The number of imidazole rings is 1. The van der Waals surface area contributed by atoms with Gasteiger partial charge >= 0.3 is 0 Å². The zero-order chi connectivity index (χ0) is 11.7. The first-order valence-corrected chi connectivity index (χ1v) is 5.99. The summed E-state index contributed by atoms with van der Waals surface area (Å²) in [5.41, 5.74) is 7.48. The van der Waals surface area contributed by atoms with Crippen LogP contribution in [0.2, 0.25) is 0 Å². The van der Waals surface area contributed by atoms with Crippen molar-refractivity contribution in [1.29, 1.82) is 0 Å². The summed E-state index contributed by atoms with van der Waals surface area (Å²) < 4.78 is 0. The second-order valence-corrected chi connectivity index (χ2v) is 4.58. The van der Waals surface area contributed by atoms with Gasteiger partial charge in [-0.3, -0.25) is 0 Å². The molecule has 1 aliphatic carbocycles. The van der Waals surface area contributed by atoms with Gasteiger partial charge in [0.25, 0.3) is 0 Å². The third kappa shape index (κ3) is 2.08. The Hall–Kier alpha value is -1.69. The van der Waals surface area contributed by atoms with Crippen LogP contribution in [0.15, 0.2) is 12.7 Å². The molecule has 0 radical (unpaired) electrons. The Morgan fingerprint density at radius 1 is 1.18 bits per heavy atom. The number of hydrogen-bond donors (Lipinski definition) is 3. The first kappa shape index (κ1) is 10.5. The Morgan fingerprint density at radius 3 is 2.82 bits per heavy atom. The molecule has 90 valence electrons. The molecule has 0 amide bonds. The summed E-state index contributed by atoms with van der Waals surface area (Å²) in [6.07, 6.45) is 7.53. The number of hydrogen-bond acceptors (Lipinski definition) is 5. The maximum absolute atomic E-state index is 5.89. The number of anilines is 1. The molecule has 0 unspecified atom stereocenters. The lowest BCUT2D eigenvalue weighted by molar-refractivity contribution is 0.410. The van der Waals surface area contributed by atoms with E-state index in [0.29, 0.717) is 17.7 Å². The Labute approximate surface area is 99.1 Å². The topological polar surface area (TPSA) is 92.5 Å². The van der Waals surface area contributed by atoms with Crippen LogP contribution in [-0.4, -0.2) is 32.0 Å². The molecule has 0 spiro atoms. The molecule has 0 aliphatic heterocycles. The van der Waals surface area contributed by atoms with Gasteiger partial charge in [0, 0.05) is 12.1 Å². The number of nitrogens with one attached hydrogen (secondary N) is 2. The first-order valence-electron chi connectivity index (χ1n) is 5.99. The molecule has 17 heavy (non-hydrogen) atoms. The minimum Gasteiger partial charge on any atom is -0.365 e. The smallest absolute Gasteiger partial charge is 0.182 e. The van der Waals surface area contributed by atoms with Crippen LogP contribution in [-0.2, 0) is 0 Å². The fraction of sp³-hybridized carbons (Fsp3) is 0.545. The lowest BCUT2D eigenvalue weighted by atomic mass is 9.92. The number of rotatable bonds is 2. The van der Waals surface area contributed by atoms with Gasteiger partial charge in [-0.2, -0.15) is 0 Å². The lowest BCUT2D eigenvalue weighted by Gasteiger charge is -2.27.